The van der Waals surface area contributed by atoms with E-state index < -0.39 is 23.5 Å². The van der Waals surface area contributed by atoms with Gasteiger partial charge in [0.2, 0.25) is 5.78 Å². The number of hydrogen-bond acceptors (Lipinski definition) is 6. The minimum atomic E-state index is -0.698. The van der Waals surface area contributed by atoms with Crippen molar-refractivity contribution in [3.05, 3.63) is 57.8 Å². The molecule has 0 saturated carbocycles. The molecule has 170 valence electrons. The SMILES string of the molecule is CCCOc1ccc(/C([O-])=C2\C(=O)C(=O)N(CC[NH+]3CCOCC3)C2c2cccs2)cc1. The highest BCUT2D eigenvalue weighted by molar-refractivity contribution is 7.10. The van der Waals surface area contributed by atoms with Crippen LogP contribution in [0.2, 0.25) is 0 Å². The summed E-state index contributed by atoms with van der Waals surface area (Å²) >= 11 is 1.45. The number of thiophene rings is 1. The molecular formula is C24H28N2O5S. The predicted molar refractivity (Wildman–Crippen MR) is 119 cm³/mol. The van der Waals surface area contributed by atoms with Gasteiger partial charge in [0.15, 0.2) is 0 Å². The van der Waals surface area contributed by atoms with Crippen molar-refractivity contribution in [2.75, 3.05) is 46.0 Å². The molecule has 1 N–H and O–H groups in total. The van der Waals surface area contributed by atoms with Crippen LogP contribution >= 0.6 is 11.3 Å². The van der Waals surface area contributed by atoms with Crippen LogP contribution in [-0.2, 0) is 14.3 Å². The van der Waals surface area contributed by atoms with Crippen LogP contribution in [0.5, 0.6) is 5.75 Å². The maximum atomic E-state index is 13.4. The summed E-state index contributed by atoms with van der Waals surface area (Å²) in [5.41, 5.74) is 0.420. The van der Waals surface area contributed by atoms with E-state index in [1.165, 1.54) is 16.2 Å². The summed E-state index contributed by atoms with van der Waals surface area (Å²) in [5, 5.41) is 15.3. The summed E-state index contributed by atoms with van der Waals surface area (Å²) in [5.74, 6) is -1.02. The number of ketones is 1. The van der Waals surface area contributed by atoms with Gasteiger partial charge >= 0.3 is 0 Å². The summed E-state index contributed by atoms with van der Waals surface area (Å²) in [7, 11) is 0. The van der Waals surface area contributed by atoms with E-state index in [9.17, 15) is 14.7 Å². The van der Waals surface area contributed by atoms with Gasteiger partial charge in [-0.05, 0) is 35.6 Å². The number of morpholine rings is 1. The third-order valence-corrected chi connectivity index (χ3v) is 6.76. The molecule has 2 aliphatic heterocycles. The molecule has 1 amide bonds. The first-order chi connectivity index (χ1) is 15.6. The lowest BCUT2D eigenvalue weighted by molar-refractivity contribution is -0.907. The number of amides is 1. The molecule has 8 heteroatoms. The molecule has 0 aliphatic carbocycles. The number of carbonyl (C=O) groups is 2. The molecule has 1 atom stereocenters. The maximum Gasteiger partial charge on any atom is 0.295 e. The van der Waals surface area contributed by atoms with Gasteiger partial charge in [-0.2, -0.15) is 0 Å². The Hall–Kier alpha value is -2.68. The number of nitrogens with one attached hydrogen (secondary N) is 1. The van der Waals surface area contributed by atoms with Crippen LogP contribution in [0.25, 0.3) is 5.76 Å². The Morgan fingerprint density at radius 1 is 1.22 bits per heavy atom. The average molecular weight is 457 g/mol. The highest BCUT2D eigenvalue weighted by atomic mass is 32.1. The summed E-state index contributed by atoms with van der Waals surface area (Å²) in [6.07, 6.45) is 0.889. The van der Waals surface area contributed by atoms with E-state index in [-0.39, 0.29) is 5.57 Å². The van der Waals surface area contributed by atoms with Gasteiger partial charge in [0, 0.05) is 10.5 Å². The number of benzene rings is 1. The van der Waals surface area contributed by atoms with Crippen LogP contribution in [0.4, 0.5) is 0 Å². The van der Waals surface area contributed by atoms with E-state index in [1.54, 1.807) is 29.2 Å². The summed E-state index contributed by atoms with van der Waals surface area (Å²) in [4.78, 5) is 29.7. The predicted octanol–water partition coefficient (Wildman–Crippen LogP) is 0.676. The first-order valence-electron chi connectivity index (χ1n) is 11.0. The molecule has 0 radical (unpaired) electrons. The molecule has 2 aromatic rings. The van der Waals surface area contributed by atoms with Crippen molar-refractivity contribution >= 4 is 28.8 Å². The molecular weight excluding hydrogens is 428 g/mol. The molecule has 0 bridgehead atoms. The molecule has 2 aliphatic rings. The number of carbonyl (C=O) groups excluding carboxylic acids is 2. The maximum absolute atomic E-state index is 13.4. The Balaban J connectivity index is 1.63. The van der Waals surface area contributed by atoms with Crippen molar-refractivity contribution in [2.45, 2.75) is 19.4 Å². The lowest BCUT2D eigenvalue weighted by Gasteiger charge is -2.29. The Morgan fingerprint density at radius 3 is 2.62 bits per heavy atom. The Labute approximate surface area is 191 Å². The van der Waals surface area contributed by atoms with E-state index in [2.05, 4.69) is 0 Å². The molecule has 2 saturated heterocycles. The van der Waals surface area contributed by atoms with Gasteiger partial charge in [0.1, 0.15) is 18.8 Å². The summed E-state index contributed by atoms with van der Waals surface area (Å²) in [6, 6.07) is 9.88. The van der Waals surface area contributed by atoms with E-state index in [1.807, 2.05) is 24.4 Å². The number of ether oxygens (including phenoxy) is 2. The van der Waals surface area contributed by atoms with Crippen LogP contribution in [0.15, 0.2) is 47.4 Å². The van der Waals surface area contributed by atoms with Crippen LogP contribution in [0.1, 0.15) is 29.8 Å². The molecule has 7 nitrogen and oxygen atoms in total. The molecule has 3 heterocycles. The molecule has 1 unspecified atom stereocenters. The Bertz CT molecular complexity index is 965. The number of rotatable bonds is 8. The molecule has 4 rings (SSSR count). The number of likely N-dealkylation sites (tertiary alicyclic amines) is 1. The first-order valence-corrected chi connectivity index (χ1v) is 11.9. The standard InChI is InChI=1S/C24H28N2O5S/c1-2-13-31-18-7-5-17(6-8-18)22(27)20-21(19-4-3-16-32-19)26(24(29)23(20)28)10-9-25-11-14-30-15-12-25/h3-8,16,21,27H,2,9-15H2,1H3/b22-20+. The van der Waals surface area contributed by atoms with E-state index in [4.69, 9.17) is 9.47 Å². The lowest BCUT2D eigenvalue weighted by Crippen LogP contribution is -3.14. The third-order valence-electron chi connectivity index (χ3n) is 5.84. The molecule has 2 fully saturated rings. The molecule has 1 aromatic carbocycles. The minimum absolute atomic E-state index is 0.0386. The van der Waals surface area contributed by atoms with E-state index in [0.717, 1.165) is 30.9 Å². The van der Waals surface area contributed by atoms with Crippen molar-refractivity contribution < 1.29 is 29.1 Å². The van der Waals surface area contributed by atoms with Crippen LogP contribution in [-0.4, -0.2) is 62.6 Å². The highest BCUT2D eigenvalue weighted by Crippen LogP contribution is 2.40. The second-order valence-corrected chi connectivity index (χ2v) is 8.95. The summed E-state index contributed by atoms with van der Waals surface area (Å²) in [6.45, 7) is 6.91. The van der Waals surface area contributed by atoms with Crippen molar-refractivity contribution in [3.63, 3.8) is 0 Å². The van der Waals surface area contributed by atoms with E-state index >= 15 is 0 Å². The largest absolute Gasteiger partial charge is 0.872 e. The second-order valence-electron chi connectivity index (χ2n) is 7.97. The number of hydrogen-bond donors (Lipinski definition) is 1. The van der Waals surface area contributed by atoms with Gasteiger partial charge in [-0.1, -0.05) is 30.9 Å². The second kappa shape index (κ2) is 10.3. The summed E-state index contributed by atoms with van der Waals surface area (Å²) < 4.78 is 11.0. The van der Waals surface area contributed by atoms with Crippen molar-refractivity contribution in [1.82, 2.24) is 4.90 Å². The Kier molecular flexibility index (Phi) is 7.24. The lowest BCUT2D eigenvalue weighted by atomic mass is 10.00. The van der Waals surface area contributed by atoms with Gasteiger partial charge < -0.3 is 24.4 Å². The normalized spacial score (nSPS) is 21.3. The van der Waals surface area contributed by atoms with Crippen LogP contribution in [0.3, 0.4) is 0 Å². The topological polar surface area (TPSA) is 83.3 Å². The third kappa shape index (κ3) is 4.72. The zero-order valence-corrected chi connectivity index (χ0v) is 19.0. The van der Waals surface area contributed by atoms with Gasteiger partial charge in [-0.15, -0.1) is 11.3 Å². The smallest absolute Gasteiger partial charge is 0.295 e. The van der Waals surface area contributed by atoms with Gasteiger partial charge in [0.05, 0.1) is 39.0 Å². The fourth-order valence-electron chi connectivity index (χ4n) is 4.11. The minimum Gasteiger partial charge on any atom is -0.872 e. The van der Waals surface area contributed by atoms with Crippen LogP contribution < -0.4 is 14.7 Å². The number of Topliss-reactive ketones (excluding diaryl/α,β-unsaturated/α-hetero) is 1. The van der Waals surface area contributed by atoms with Crippen molar-refractivity contribution in [3.8, 4) is 5.75 Å². The van der Waals surface area contributed by atoms with Crippen LogP contribution in [0, 0.1) is 0 Å². The van der Waals surface area contributed by atoms with Gasteiger partial charge in [-0.3, -0.25) is 9.59 Å². The fraction of sp³-hybridized carbons (Fsp3) is 0.417. The highest BCUT2D eigenvalue weighted by Gasteiger charge is 2.44. The first kappa shape index (κ1) is 22.5. The fourth-order valence-corrected chi connectivity index (χ4v) is 4.96. The quantitative estimate of drug-likeness (QED) is 0.359. The monoisotopic (exact) mass is 456 g/mol. The van der Waals surface area contributed by atoms with Crippen molar-refractivity contribution in [2.24, 2.45) is 0 Å². The number of nitrogens with zero attached hydrogens (tertiary/aromatic N) is 1. The zero-order chi connectivity index (χ0) is 22.5. The number of quaternary nitrogens is 1. The van der Waals surface area contributed by atoms with Gasteiger partial charge in [0.25, 0.3) is 5.91 Å². The zero-order valence-electron chi connectivity index (χ0n) is 18.2. The van der Waals surface area contributed by atoms with Crippen molar-refractivity contribution in [1.29, 1.82) is 0 Å². The van der Waals surface area contributed by atoms with E-state index in [0.29, 0.717) is 37.7 Å². The molecule has 1 aromatic heterocycles. The Morgan fingerprint density at radius 2 is 1.97 bits per heavy atom. The average Bonchev–Trinajstić information content (AvgIpc) is 3.44. The molecule has 0 spiro atoms. The van der Waals surface area contributed by atoms with Gasteiger partial charge in [-0.25, -0.2) is 0 Å². The molecule has 32 heavy (non-hydrogen) atoms.